The Morgan fingerprint density at radius 2 is 2.06 bits per heavy atom. The number of carbonyl (C=O) groups is 1. The molecule has 0 aliphatic heterocycles. The molecule has 0 aliphatic rings. The fraction of sp³-hybridized carbons (Fsp3) is 0. The topological polar surface area (TPSA) is 60.9 Å². The van der Waals surface area contributed by atoms with Gasteiger partial charge in [0.1, 0.15) is 0 Å². The molecule has 1 aromatic heterocycles. The average Bonchev–Trinajstić information content (AvgIpc) is 2.91. The van der Waals surface area contributed by atoms with Crippen molar-refractivity contribution in [3.8, 4) is 5.69 Å². The molecular formula is C14H11N3O. The van der Waals surface area contributed by atoms with Gasteiger partial charge < -0.3 is 5.73 Å². The van der Waals surface area contributed by atoms with Gasteiger partial charge in [-0.05, 0) is 29.7 Å². The highest BCUT2D eigenvalue weighted by Gasteiger charge is 2.06. The fourth-order valence-electron chi connectivity index (χ4n) is 2.03. The van der Waals surface area contributed by atoms with Crippen LogP contribution < -0.4 is 5.73 Å². The molecule has 88 valence electrons. The number of primary amides is 1. The van der Waals surface area contributed by atoms with Crippen LogP contribution in [0, 0.1) is 0 Å². The lowest BCUT2D eigenvalue weighted by Crippen LogP contribution is -2.10. The van der Waals surface area contributed by atoms with Crippen LogP contribution in [0.1, 0.15) is 10.4 Å². The van der Waals surface area contributed by atoms with Crippen molar-refractivity contribution < 1.29 is 4.79 Å². The summed E-state index contributed by atoms with van der Waals surface area (Å²) in [6.07, 6.45) is 3.62. The van der Waals surface area contributed by atoms with E-state index in [0.717, 1.165) is 16.5 Å². The Bertz CT molecular complexity index is 717. The van der Waals surface area contributed by atoms with E-state index in [1.807, 2.05) is 36.5 Å². The zero-order chi connectivity index (χ0) is 12.5. The van der Waals surface area contributed by atoms with Crippen LogP contribution >= 0.6 is 0 Å². The van der Waals surface area contributed by atoms with Crippen LogP contribution in [0.2, 0.25) is 0 Å². The molecule has 1 amide bonds. The van der Waals surface area contributed by atoms with Crippen LogP contribution in [-0.4, -0.2) is 15.7 Å². The minimum atomic E-state index is -0.415. The van der Waals surface area contributed by atoms with E-state index in [4.69, 9.17) is 5.73 Å². The fourth-order valence-corrected chi connectivity index (χ4v) is 2.03. The van der Waals surface area contributed by atoms with Gasteiger partial charge in [0.15, 0.2) is 0 Å². The molecule has 0 bridgehead atoms. The second-order valence-corrected chi connectivity index (χ2v) is 4.03. The maximum absolute atomic E-state index is 11.2. The van der Waals surface area contributed by atoms with E-state index < -0.39 is 5.91 Å². The van der Waals surface area contributed by atoms with E-state index in [1.54, 1.807) is 23.0 Å². The van der Waals surface area contributed by atoms with E-state index >= 15 is 0 Å². The predicted molar refractivity (Wildman–Crippen MR) is 69.6 cm³/mol. The summed E-state index contributed by atoms with van der Waals surface area (Å²) in [4.78, 5) is 11.2. The summed E-state index contributed by atoms with van der Waals surface area (Å²) >= 11 is 0. The van der Waals surface area contributed by atoms with Gasteiger partial charge in [-0.3, -0.25) is 4.79 Å². The summed E-state index contributed by atoms with van der Waals surface area (Å²) in [7, 11) is 0. The van der Waals surface area contributed by atoms with Gasteiger partial charge >= 0.3 is 0 Å². The van der Waals surface area contributed by atoms with Crippen molar-refractivity contribution in [2.75, 3.05) is 0 Å². The van der Waals surface area contributed by atoms with Gasteiger partial charge in [-0.2, -0.15) is 5.10 Å². The van der Waals surface area contributed by atoms with Gasteiger partial charge in [-0.1, -0.05) is 18.2 Å². The smallest absolute Gasteiger partial charge is 0.248 e. The van der Waals surface area contributed by atoms with Crippen LogP contribution in [0.15, 0.2) is 54.9 Å². The molecule has 4 heteroatoms. The Morgan fingerprint density at radius 3 is 2.78 bits per heavy atom. The first-order valence-electron chi connectivity index (χ1n) is 5.58. The number of nitrogens with zero attached hydrogens (tertiary/aromatic N) is 2. The predicted octanol–water partition coefficient (Wildman–Crippen LogP) is 2.12. The van der Waals surface area contributed by atoms with Crippen LogP contribution in [0.25, 0.3) is 16.5 Å². The normalized spacial score (nSPS) is 10.7. The summed E-state index contributed by atoms with van der Waals surface area (Å²) in [6.45, 7) is 0. The Labute approximate surface area is 104 Å². The molecule has 0 fully saturated rings. The quantitative estimate of drug-likeness (QED) is 0.742. The Balaban J connectivity index is 2.26. The first kappa shape index (κ1) is 10.5. The largest absolute Gasteiger partial charge is 0.366 e. The first-order valence-corrected chi connectivity index (χ1v) is 5.58. The minimum absolute atomic E-state index is 0.415. The molecular weight excluding hydrogens is 226 g/mol. The number of fused-ring (bicyclic) bond motifs is 1. The van der Waals surface area contributed by atoms with Crippen LogP contribution in [-0.2, 0) is 0 Å². The summed E-state index contributed by atoms with van der Waals surface area (Å²) in [5, 5.41) is 6.22. The van der Waals surface area contributed by atoms with Crippen molar-refractivity contribution >= 4 is 16.7 Å². The molecule has 4 nitrogen and oxygen atoms in total. The number of hydrogen-bond donors (Lipinski definition) is 1. The summed E-state index contributed by atoms with van der Waals surface area (Å²) in [6, 6.07) is 13.2. The lowest BCUT2D eigenvalue weighted by molar-refractivity contribution is 0.100. The number of carbonyl (C=O) groups excluding carboxylic acids is 1. The molecule has 18 heavy (non-hydrogen) atoms. The minimum Gasteiger partial charge on any atom is -0.366 e. The molecule has 0 radical (unpaired) electrons. The third-order valence-electron chi connectivity index (χ3n) is 2.89. The standard InChI is InChI=1S/C14H11N3O/c15-14(18)11-5-6-12-10(9-11)3-1-4-13(12)17-8-2-7-16-17/h1-9H,(H2,15,18). The summed E-state index contributed by atoms with van der Waals surface area (Å²) in [5.41, 5.74) is 6.78. The first-order chi connectivity index (χ1) is 8.75. The van der Waals surface area contributed by atoms with Gasteiger partial charge in [0.2, 0.25) is 5.91 Å². The van der Waals surface area contributed by atoms with Crippen molar-refractivity contribution in [2.45, 2.75) is 0 Å². The molecule has 0 unspecified atom stereocenters. The highest BCUT2D eigenvalue weighted by molar-refractivity contribution is 5.99. The second-order valence-electron chi connectivity index (χ2n) is 4.03. The van der Waals surface area contributed by atoms with Gasteiger partial charge in [0.25, 0.3) is 0 Å². The number of hydrogen-bond acceptors (Lipinski definition) is 2. The van der Waals surface area contributed by atoms with E-state index in [-0.39, 0.29) is 0 Å². The molecule has 3 rings (SSSR count). The number of nitrogens with two attached hydrogens (primary N) is 1. The Kier molecular flexibility index (Phi) is 2.34. The Hall–Kier alpha value is -2.62. The molecule has 2 N–H and O–H groups in total. The highest BCUT2D eigenvalue weighted by Crippen LogP contribution is 2.22. The molecule has 1 heterocycles. The van der Waals surface area contributed by atoms with Gasteiger partial charge in [0.05, 0.1) is 5.69 Å². The van der Waals surface area contributed by atoms with E-state index in [9.17, 15) is 4.79 Å². The zero-order valence-electron chi connectivity index (χ0n) is 9.58. The second kappa shape index (κ2) is 4.00. The molecule has 2 aromatic carbocycles. The lowest BCUT2D eigenvalue weighted by atomic mass is 10.1. The number of aromatic nitrogens is 2. The zero-order valence-corrected chi connectivity index (χ0v) is 9.58. The van der Waals surface area contributed by atoms with Crippen molar-refractivity contribution in [2.24, 2.45) is 5.73 Å². The van der Waals surface area contributed by atoms with Crippen LogP contribution in [0.3, 0.4) is 0 Å². The van der Waals surface area contributed by atoms with Crippen molar-refractivity contribution in [1.29, 1.82) is 0 Å². The van der Waals surface area contributed by atoms with Crippen molar-refractivity contribution in [3.63, 3.8) is 0 Å². The number of amides is 1. The maximum atomic E-state index is 11.2. The third kappa shape index (κ3) is 1.64. The van der Waals surface area contributed by atoms with E-state index in [0.29, 0.717) is 5.56 Å². The highest BCUT2D eigenvalue weighted by atomic mass is 16.1. The van der Waals surface area contributed by atoms with Gasteiger partial charge in [-0.25, -0.2) is 4.68 Å². The van der Waals surface area contributed by atoms with Crippen molar-refractivity contribution in [3.05, 3.63) is 60.4 Å². The average molecular weight is 237 g/mol. The number of rotatable bonds is 2. The molecule has 0 saturated carbocycles. The summed E-state index contributed by atoms with van der Waals surface area (Å²) in [5.74, 6) is -0.415. The molecule has 0 spiro atoms. The molecule has 3 aromatic rings. The van der Waals surface area contributed by atoms with Gasteiger partial charge in [0, 0.05) is 23.3 Å². The third-order valence-corrected chi connectivity index (χ3v) is 2.89. The van der Waals surface area contributed by atoms with Crippen LogP contribution in [0.4, 0.5) is 0 Å². The van der Waals surface area contributed by atoms with Crippen molar-refractivity contribution in [1.82, 2.24) is 9.78 Å². The molecule has 0 atom stereocenters. The summed E-state index contributed by atoms with van der Waals surface area (Å²) < 4.78 is 1.80. The van der Waals surface area contributed by atoms with Gasteiger partial charge in [-0.15, -0.1) is 0 Å². The SMILES string of the molecule is NC(=O)c1ccc2c(-n3cccn3)cccc2c1. The Morgan fingerprint density at radius 1 is 1.17 bits per heavy atom. The number of benzene rings is 2. The van der Waals surface area contributed by atoms with E-state index in [1.165, 1.54) is 0 Å². The monoisotopic (exact) mass is 237 g/mol. The van der Waals surface area contributed by atoms with Crippen LogP contribution in [0.5, 0.6) is 0 Å². The maximum Gasteiger partial charge on any atom is 0.248 e. The lowest BCUT2D eigenvalue weighted by Gasteiger charge is -2.07. The van der Waals surface area contributed by atoms with E-state index in [2.05, 4.69) is 5.10 Å². The molecule has 0 saturated heterocycles. The molecule has 0 aliphatic carbocycles.